The third-order valence-corrected chi connectivity index (χ3v) is 4.03. The zero-order valence-electron chi connectivity index (χ0n) is 10.9. The van der Waals surface area contributed by atoms with Crippen LogP contribution in [-0.4, -0.2) is 37.6 Å². The van der Waals surface area contributed by atoms with Crippen molar-refractivity contribution in [3.63, 3.8) is 0 Å². The van der Waals surface area contributed by atoms with Gasteiger partial charge in [0.15, 0.2) is 0 Å². The van der Waals surface area contributed by atoms with Crippen LogP contribution in [-0.2, 0) is 0 Å². The van der Waals surface area contributed by atoms with E-state index in [1.807, 2.05) is 12.1 Å². The molecule has 2 nitrogen and oxygen atoms in total. The van der Waals surface area contributed by atoms with Crippen LogP contribution in [0.25, 0.3) is 0 Å². The van der Waals surface area contributed by atoms with E-state index in [1.54, 1.807) is 0 Å². The van der Waals surface area contributed by atoms with Gasteiger partial charge >= 0.3 is 0 Å². The van der Waals surface area contributed by atoms with E-state index in [4.69, 9.17) is 11.6 Å². The third kappa shape index (κ3) is 4.71. The van der Waals surface area contributed by atoms with Gasteiger partial charge in [0, 0.05) is 43.4 Å². The molecule has 0 unspecified atom stereocenters. The normalized spacial score (nSPS) is 19.5. The molecular formula is C14H21Cl3N2. The van der Waals surface area contributed by atoms with Crippen LogP contribution in [0.4, 0.5) is 5.69 Å². The van der Waals surface area contributed by atoms with Crippen LogP contribution in [0.5, 0.6) is 0 Å². The summed E-state index contributed by atoms with van der Waals surface area (Å²) < 4.78 is 0. The van der Waals surface area contributed by atoms with Crippen molar-refractivity contribution < 1.29 is 0 Å². The predicted octanol–water partition coefficient (Wildman–Crippen LogP) is 3.72. The maximum atomic E-state index is 5.91. The number of piperazine rings is 1. The molecular weight excluding hydrogens is 303 g/mol. The van der Waals surface area contributed by atoms with Crippen molar-refractivity contribution in [1.82, 2.24) is 4.90 Å². The lowest BCUT2D eigenvalue weighted by Gasteiger charge is -2.36. The van der Waals surface area contributed by atoms with Gasteiger partial charge < -0.3 is 4.90 Å². The van der Waals surface area contributed by atoms with Crippen molar-refractivity contribution in [2.45, 2.75) is 12.8 Å². The van der Waals surface area contributed by atoms with E-state index in [-0.39, 0.29) is 24.8 Å². The van der Waals surface area contributed by atoms with Crippen molar-refractivity contribution in [3.05, 3.63) is 29.3 Å². The lowest BCUT2D eigenvalue weighted by molar-refractivity contribution is 0.248. The number of halogens is 3. The summed E-state index contributed by atoms with van der Waals surface area (Å²) in [6, 6.07) is 8.21. The first-order valence-electron chi connectivity index (χ1n) is 6.54. The topological polar surface area (TPSA) is 6.48 Å². The number of rotatable bonds is 3. The molecule has 5 heteroatoms. The van der Waals surface area contributed by atoms with Gasteiger partial charge in [-0.05, 0) is 43.0 Å². The Kier molecular flexibility index (Phi) is 6.75. The zero-order chi connectivity index (χ0) is 11.7. The van der Waals surface area contributed by atoms with Crippen LogP contribution in [0, 0.1) is 5.92 Å². The SMILES string of the molecule is Cl.Cl.Clc1ccc(N2CCN(CC3CC3)CC2)cc1. The Morgan fingerprint density at radius 3 is 2.05 bits per heavy atom. The Bertz CT molecular complexity index is 371. The van der Waals surface area contributed by atoms with Gasteiger partial charge in [-0.1, -0.05) is 11.6 Å². The summed E-state index contributed by atoms with van der Waals surface area (Å²) in [6.07, 6.45) is 2.91. The summed E-state index contributed by atoms with van der Waals surface area (Å²) in [5, 5.41) is 0.820. The van der Waals surface area contributed by atoms with E-state index in [9.17, 15) is 0 Å². The highest BCUT2D eigenvalue weighted by Gasteiger charge is 2.26. The van der Waals surface area contributed by atoms with Crippen LogP contribution in [0.15, 0.2) is 24.3 Å². The van der Waals surface area contributed by atoms with Gasteiger partial charge in [-0.15, -0.1) is 24.8 Å². The Labute approximate surface area is 132 Å². The minimum Gasteiger partial charge on any atom is -0.369 e. The molecule has 0 amide bonds. The average molecular weight is 324 g/mol. The minimum atomic E-state index is 0. The minimum absolute atomic E-state index is 0. The van der Waals surface area contributed by atoms with Crippen molar-refractivity contribution in [2.75, 3.05) is 37.6 Å². The largest absolute Gasteiger partial charge is 0.369 e. The molecule has 0 atom stereocenters. The van der Waals surface area contributed by atoms with Crippen LogP contribution < -0.4 is 4.90 Å². The number of benzene rings is 1. The van der Waals surface area contributed by atoms with Gasteiger partial charge in [0.1, 0.15) is 0 Å². The quantitative estimate of drug-likeness (QED) is 0.836. The van der Waals surface area contributed by atoms with E-state index in [2.05, 4.69) is 21.9 Å². The van der Waals surface area contributed by atoms with Gasteiger partial charge in [0.05, 0.1) is 0 Å². The average Bonchev–Trinajstić information content (AvgIpc) is 3.15. The zero-order valence-corrected chi connectivity index (χ0v) is 13.3. The molecule has 1 aliphatic carbocycles. The number of hydrogen-bond acceptors (Lipinski definition) is 2. The van der Waals surface area contributed by atoms with E-state index in [0.717, 1.165) is 24.0 Å². The second-order valence-electron chi connectivity index (χ2n) is 5.21. The molecule has 1 saturated carbocycles. The summed E-state index contributed by atoms with van der Waals surface area (Å²) in [5.41, 5.74) is 1.31. The highest BCUT2D eigenvalue weighted by atomic mass is 35.5. The number of hydrogen-bond donors (Lipinski definition) is 0. The fourth-order valence-corrected chi connectivity index (χ4v) is 2.63. The summed E-state index contributed by atoms with van der Waals surface area (Å²) in [4.78, 5) is 5.07. The Hall–Kier alpha value is -0.150. The number of nitrogens with zero attached hydrogens (tertiary/aromatic N) is 2. The van der Waals surface area contributed by atoms with Crippen molar-refractivity contribution in [1.29, 1.82) is 0 Å². The molecule has 108 valence electrons. The molecule has 0 radical (unpaired) electrons. The lowest BCUT2D eigenvalue weighted by atomic mass is 10.2. The predicted molar refractivity (Wildman–Crippen MR) is 87.3 cm³/mol. The van der Waals surface area contributed by atoms with Crippen molar-refractivity contribution >= 4 is 42.1 Å². The van der Waals surface area contributed by atoms with Crippen molar-refractivity contribution in [2.24, 2.45) is 5.92 Å². The summed E-state index contributed by atoms with van der Waals surface area (Å²) in [5.74, 6) is 1.01. The molecule has 1 aromatic carbocycles. The maximum Gasteiger partial charge on any atom is 0.0407 e. The third-order valence-electron chi connectivity index (χ3n) is 3.78. The Morgan fingerprint density at radius 1 is 0.947 bits per heavy atom. The maximum absolute atomic E-state index is 5.91. The highest BCUT2D eigenvalue weighted by Crippen LogP contribution is 2.30. The fourth-order valence-electron chi connectivity index (χ4n) is 2.51. The summed E-state index contributed by atoms with van der Waals surface area (Å²) in [6.45, 7) is 6.04. The number of anilines is 1. The molecule has 1 saturated heterocycles. The van der Waals surface area contributed by atoms with Gasteiger partial charge in [-0.25, -0.2) is 0 Å². The van der Waals surface area contributed by atoms with E-state index in [1.165, 1.54) is 38.2 Å². The van der Waals surface area contributed by atoms with Gasteiger partial charge in [0.25, 0.3) is 0 Å². The van der Waals surface area contributed by atoms with E-state index < -0.39 is 0 Å². The molecule has 2 fully saturated rings. The molecule has 19 heavy (non-hydrogen) atoms. The van der Waals surface area contributed by atoms with Gasteiger partial charge in [-0.2, -0.15) is 0 Å². The highest BCUT2D eigenvalue weighted by molar-refractivity contribution is 6.30. The first-order chi connectivity index (χ1) is 8.31. The summed E-state index contributed by atoms with van der Waals surface area (Å²) in [7, 11) is 0. The first kappa shape index (κ1) is 16.9. The molecule has 2 aliphatic rings. The second kappa shape index (κ2) is 7.58. The standard InChI is InChI=1S/C14H19ClN2.2ClH/c15-13-3-5-14(6-4-13)17-9-7-16(8-10-17)11-12-1-2-12;;/h3-6,12H,1-2,7-11H2;2*1H. The van der Waals surface area contributed by atoms with Crippen LogP contribution in [0.3, 0.4) is 0 Å². The molecule has 0 bridgehead atoms. The fraction of sp³-hybridized carbons (Fsp3) is 0.571. The molecule has 0 aromatic heterocycles. The molecule has 0 spiro atoms. The molecule has 1 aliphatic heterocycles. The van der Waals surface area contributed by atoms with Gasteiger partial charge in [-0.3, -0.25) is 4.90 Å². The van der Waals surface area contributed by atoms with Gasteiger partial charge in [0.2, 0.25) is 0 Å². The molecule has 0 N–H and O–H groups in total. The first-order valence-corrected chi connectivity index (χ1v) is 6.92. The Balaban J connectivity index is 0.000000902. The molecule has 1 aromatic rings. The Morgan fingerprint density at radius 2 is 1.53 bits per heavy atom. The van der Waals surface area contributed by atoms with Crippen LogP contribution in [0.1, 0.15) is 12.8 Å². The molecule has 3 rings (SSSR count). The monoisotopic (exact) mass is 322 g/mol. The van der Waals surface area contributed by atoms with Crippen molar-refractivity contribution in [3.8, 4) is 0 Å². The smallest absolute Gasteiger partial charge is 0.0407 e. The van der Waals surface area contributed by atoms with Crippen LogP contribution >= 0.6 is 36.4 Å². The summed E-state index contributed by atoms with van der Waals surface area (Å²) >= 11 is 5.91. The van der Waals surface area contributed by atoms with E-state index in [0.29, 0.717) is 0 Å². The van der Waals surface area contributed by atoms with Crippen LogP contribution in [0.2, 0.25) is 5.02 Å². The van der Waals surface area contributed by atoms with E-state index >= 15 is 0 Å². The second-order valence-corrected chi connectivity index (χ2v) is 5.64. The molecule has 1 heterocycles. The lowest BCUT2D eigenvalue weighted by Crippen LogP contribution is -2.47.